The van der Waals surface area contributed by atoms with Gasteiger partial charge in [-0.3, -0.25) is 4.79 Å². The lowest BCUT2D eigenvalue weighted by Gasteiger charge is -2.39. The van der Waals surface area contributed by atoms with Gasteiger partial charge in [-0.25, -0.2) is 4.79 Å². The van der Waals surface area contributed by atoms with E-state index in [1.807, 2.05) is 0 Å². The third kappa shape index (κ3) is 2.91. The first-order valence-corrected chi connectivity index (χ1v) is 4.83. The van der Waals surface area contributed by atoms with Gasteiger partial charge in [0.2, 0.25) is 0 Å². The summed E-state index contributed by atoms with van der Waals surface area (Å²) in [6.45, 7) is 1.09. The van der Waals surface area contributed by atoms with E-state index in [0.29, 0.717) is 0 Å². The number of esters is 1. The number of rotatable bonds is 3. The fraction of sp³-hybridized carbons (Fsp3) is 0.778. The summed E-state index contributed by atoms with van der Waals surface area (Å²) in [5.41, 5.74) is 0. The number of aliphatic hydroxyl groups is 2. The van der Waals surface area contributed by atoms with Gasteiger partial charge in [0.1, 0.15) is 12.2 Å². The Morgan fingerprint density at radius 1 is 1.24 bits per heavy atom. The van der Waals surface area contributed by atoms with Crippen LogP contribution < -0.4 is 0 Å². The van der Waals surface area contributed by atoms with Crippen molar-refractivity contribution in [3.05, 3.63) is 0 Å². The Morgan fingerprint density at radius 2 is 1.82 bits per heavy atom. The van der Waals surface area contributed by atoms with E-state index in [1.54, 1.807) is 0 Å². The Bertz CT molecular complexity index is 303. The smallest absolute Gasteiger partial charge is 0.336 e. The van der Waals surface area contributed by atoms with Crippen molar-refractivity contribution in [3.8, 4) is 0 Å². The van der Waals surface area contributed by atoms with Gasteiger partial charge >= 0.3 is 11.9 Å². The SMILES string of the molecule is CO[C@@H]1[C@@H](O)[C@H](O)O[C@H](C(=O)O)[C@H]1OC(C)=O. The molecule has 0 aromatic carbocycles. The van der Waals surface area contributed by atoms with Gasteiger partial charge in [-0.2, -0.15) is 0 Å². The number of carbonyl (C=O) groups is 2. The van der Waals surface area contributed by atoms with Gasteiger partial charge in [-0.1, -0.05) is 0 Å². The fourth-order valence-electron chi connectivity index (χ4n) is 1.63. The maximum absolute atomic E-state index is 10.9. The summed E-state index contributed by atoms with van der Waals surface area (Å²) in [4.78, 5) is 21.8. The summed E-state index contributed by atoms with van der Waals surface area (Å²) in [7, 11) is 1.20. The molecule has 0 aromatic heterocycles. The van der Waals surface area contributed by atoms with Crippen molar-refractivity contribution in [2.75, 3.05) is 7.11 Å². The molecule has 0 amide bonds. The van der Waals surface area contributed by atoms with Crippen LogP contribution in [0.5, 0.6) is 0 Å². The van der Waals surface area contributed by atoms with Crippen LogP contribution in [0.25, 0.3) is 0 Å². The molecule has 3 N–H and O–H groups in total. The Balaban J connectivity index is 2.95. The van der Waals surface area contributed by atoms with E-state index in [0.717, 1.165) is 6.92 Å². The topological polar surface area (TPSA) is 123 Å². The summed E-state index contributed by atoms with van der Waals surface area (Å²) in [6, 6.07) is 0. The molecule has 0 aromatic rings. The maximum Gasteiger partial charge on any atom is 0.336 e. The Labute approximate surface area is 96.7 Å². The molecule has 98 valence electrons. The summed E-state index contributed by atoms with van der Waals surface area (Å²) in [5.74, 6) is -2.17. The van der Waals surface area contributed by atoms with Crippen LogP contribution in [0.15, 0.2) is 0 Å². The molecule has 8 nitrogen and oxygen atoms in total. The van der Waals surface area contributed by atoms with E-state index in [-0.39, 0.29) is 0 Å². The van der Waals surface area contributed by atoms with Crippen LogP contribution in [0, 0.1) is 0 Å². The van der Waals surface area contributed by atoms with E-state index in [1.165, 1.54) is 7.11 Å². The minimum absolute atomic E-state index is 0.740. The zero-order valence-electron chi connectivity index (χ0n) is 9.27. The van der Waals surface area contributed by atoms with Crippen LogP contribution in [-0.4, -0.2) is 65.1 Å². The molecule has 1 saturated heterocycles. The van der Waals surface area contributed by atoms with Gasteiger partial charge in [0.15, 0.2) is 18.5 Å². The van der Waals surface area contributed by atoms with Crippen molar-refractivity contribution in [1.29, 1.82) is 0 Å². The minimum Gasteiger partial charge on any atom is -0.479 e. The largest absolute Gasteiger partial charge is 0.479 e. The van der Waals surface area contributed by atoms with Crippen LogP contribution in [0.1, 0.15) is 6.92 Å². The van der Waals surface area contributed by atoms with Crippen LogP contribution in [-0.2, 0) is 23.8 Å². The molecule has 1 heterocycles. The zero-order valence-corrected chi connectivity index (χ0v) is 9.27. The number of aliphatic carboxylic acids is 1. The van der Waals surface area contributed by atoms with Crippen LogP contribution in [0.4, 0.5) is 0 Å². The average molecular weight is 250 g/mol. The Kier molecular flexibility index (Phi) is 4.40. The molecule has 0 spiro atoms. The second-order valence-corrected chi connectivity index (χ2v) is 3.55. The number of aliphatic hydroxyl groups excluding tert-OH is 2. The first-order valence-electron chi connectivity index (χ1n) is 4.83. The number of ether oxygens (including phenoxy) is 3. The third-order valence-corrected chi connectivity index (χ3v) is 2.35. The van der Waals surface area contributed by atoms with Crippen molar-refractivity contribution in [2.24, 2.45) is 0 Å². The zero-order chi connectivity index (χ0) is 13.2. The molecular weight excluding hydrogens is 236 g/mol. The van der Waals surface area contributed by atoms with Crippen molar-refractivity contribution in [3.63, 3.8) is 0 Å². The second kappa shape index (κ2) is 5.41. The number of hydrogen-bond donors (Lipinski definition) is 3. The van der Waals surface area contributed by atoms with Crippen molar-refractivity contribution >= 4 is 11.9 Å². The van der Waals surface area contributed by atoms with Crippen molar-refractivity contribution in [1.82, 2.24) is 0 Å². The van der Waals surface area contributed by atoms with Gasteiger partial charge in [0.25, 0.3) is 0 Å². The van der Waals surface area contributed by atoms with Crippen molar-refractivity contribution in [2.45, 2.75) is 37.6 Å². The predicted molar refractivity (Wildman–Crippen MR) is 50.9 cm³/mol. The molecule has 8 heteroatoms. The fourth-order valence-corrected chi connectivity index (χ4v) is 1.63. The lowest BCUT2D eigenvalue weighted by Crippen LogP contribution is -2.61. The summed E-state index contributed by atoms with van der Waals surface area (Å²) >= 11 is 0. The summed E-state index contributed by atoms with van der Waals surface area (Å²) < 4.78 is 14.2. The molecule has 5 atom stereocenters. The molecule has 1 aliphatic rings. The predicted octanol–water partition coefficient (Wildman–Crippen LogP) is -1.90. The van der Waals surface area contributed by atoms with E-state index in [2.05, 4.69) is 4.74 Å². The van der Waals surface area contributed by atoms with Crippen molar-refractivity contribution < 1.29 is 39.1 Å². The molecule has 1 fully saturated rings. The lowest BCUT2D eigenvalue weighted by atomic mass is 9.98. The highest BCUT2D eigenvalue weighted by molar-refractivity contribution is 5.74. The quantitative estimate of drug-likeness (QED) is 0.496. The number of hydrogen-bond acceptors (Lipinski definition) is 7. The Morgan fingerprint density at radius 3 is 2.24 bits per heavy atom. The van der Waals surface area contributed by atoms with Gasteiger partial charge < -0.3 is 29.5 Å². The normalized spacial score (nSPS) is 37.5. The molecule has 17 heavy (non-hydrogen) atoms. The highest BCUT2D eigenvalue weighted by atomic mass is 16.7. The number of methoxy groups -OCH3 is 1. The molecule has 0 radical (unpaired) electrons. The van der Waals surface area contributed by atoms with Gasteiger partial charge in [-0.05, 0) is 0 Å². The Hall–Kier alpha value is -1.22. The standard InChI is InChI=1S/C9H14O8/c1-3(10)16-6-5(15-2)4(11)9(14)17-7(6)8(12)13/h4-7,9,11,14H,1-2H3,(H,12,13)/t4-,5-,6+,7+,9-/m1/s1. The average Bonchev–Trinajstić information content (AvgIpc) is 2.22. The molecule has 0 aliphatic carbocycles. The van der Waals surface area contributed by atoms with Gasteiger partial charge in [0, 0.05) is 14.0 Å². The number of carbonyl (C=O) groups excluding carboxylic acids is 1. The van der Waals surface area contributed by atoms with Crippen LogP contribution in [0.2, 0.25) is 0 Å². The van der Waals surface area contributed by atoms with E-state index >= 15 is 0 Å². The molecule has 1 aliphatic heterocycles. The number of carboxylic acids is 1. The van der Waals surface area contributed by atoms with Crippen LogP contribution in [0.3, 0.4) is 0 Å². The number of carboxylic acid groups (broad SMARTS) is 1. The maximum atomic E-state index is 10.9. The first kappa shape index (κ1) is 13.8. The summed E-state index contributed by atoms with van der Waals surface area (Å²) in [5, 5.41) is 27.7. The molecular formula is C9H14O8. The van der Waals surface area contributed by atoms with E-state index in [4.69, 9.17) is 14.6 Å². The second-order valence-electron chi connectivity index (χ2n) is 3.55. The molecule has 0 bridgehead atoms. The highest BCUT2D eigenvalue weighted by Crippen LogP contribution is 2.24. The lowest BCUT2D eigenvalue weighted by molar-refractivity contribution is -0.286. The monoisotopic (exact) mass is 250 g/mol. The summed E-state index contributed by atoms with van der Waals surface area (Å²) in [6.07, 6.45) is -7.31. The van der Waals surface area contributed by atoms with E-state index in [9.17, 15) is 19.8 Å². The first-order chi connectivity index (χ1) is 7.88. The highest BCUT2D eigenvalue weighted by Gasteiger charge is 2.50. The minimum atomic E-state index is -1.71. The van der Waals surface area contributed by atoms with Gasteiger partial charge in [-0.15, -0.1) is 0 Å². The molecule has 0 unspecified atom stereocenters. The molecule has 1 rings (SSSR count). The van der Waals surface area contributed by atoms with Crippen LogP contribution >= 0.6 is 0 Å². The van der Waals surface area contributed by atoms with Gasteiger partial charge in [0.05, 0.1) is 0 Å². The van der Waals surface area contributed by atoms with E-state index < -0.39 is 42.6 Å². The third-order valence-electron chi connectivity index (χ3n) is 2.35. The molecule has 0 saturated carbocycles.